The van der Waals surface area contributed by atoms with Crippen LogP contribution in [0.5, 0.6) is 0 Å². The van der Waals surface area contributed by atoms with Gasteiger partial charge in [-0.05, 0) is 37.1 Å². The number of fused-ring (bicyclic) bond motifs is 1. The van der Waals surface area contributed by atoms with E-state index in [2.05, 4.69) is 4.72 Å². The number of benzene rings is 2. The van der Waals surface area contributed by atoms with Crippen molar-refractivity contribution < 1.29 is 8.42 Å². The minimum Gasteiger partial charge on any atom is -0.207 e. The van der Waals surface area contributed by atoms with Gasteiger partial charge in [-0.15, -0.1) is 0 Å². The zero-order valence-electron chi connectivity index (χ0n) is 12.0. The molecule has 0 fully saturated rings. The molecule has 4 heteroatoms. The molecule has 1 atom stereocenters. The fraction of sp³-hybridized carbons (Fsp3) is 0.176. The van der Waals surface area contributed by atoms with Crippen LogP contribution >= 0.6 is 0 Å². The molecule has 108 valence electrons. The molecule has 1 unspecified atom stereocenters. The summed E-state index contributed by atoms with van der Waals surface area (Å²) in [5.41, 5.74) is 4.13. The van der Waals surface area contributed by atoms with E-state index in [1.54, 1.807) is 24.3 Å². The summed E-state index contributed by atoms with van der Waals surface area (Å²) in [6.45, 7) is 3.88. The van der Waals surface area contributed by atoms with Gasteiger partial charge in [-0.25, -0.2) is 8.42 Å². The summed E-state index contributed by atoms with van der Waals surface area (Å²) < 4.78 is 27.8. The average molecular weight is 299 g/mol. The summed E-state index contributed by atoms with van der Waals surface area (Å²) >= 11 is 0. The zero-order chi connectivity index (χ0) is 15.0. The smallest absolute Gasteiger partial charge is 0.207 e. The normalized spacial score (nSPS) is 17.4. The predicted molar refractivity (Wildman–Crippen MR) is 84.3 cm³/mol. The molecule has 1 aliphatic rings. The first-order valence-electron chi connectivity index (χ1n) is 6.83. The maximum absolute atomic E-state index is 12.5. The first-order chi connectivity index (χ1) is 9.97. The van der Waals surface area contributed by atoms with E-state index in [-0.39, 0.29) is 6.04 Å². The molecule has 3 nitrogen and oxygen atoms in total. The van der Waals surface area contributed by atoms with Crippen LogP contribution in [0.4, 0.5) is 0 Å². The molecule has 0 bridgehead atoms. The first-order valence-corrected chi connectivity index (χ1v) is 8.32. The predicted octanol–water partition coefficient (Wildman–Crippen LogP) is 3.43. The molecule has 2 aromatic rings. The molecular formula is C17H17NO2S. The second-order valence-electron chi connectivity index (χ2n) is 5.38. The van der Waals surface area contributed by atoms with E-state index in [4.69, 9.17) is 0 Å². The van der Waals surface area contributed by atoms with E-state index in [9.17, 15) is 8.42 Å². The van der Waals surface area contributed by atoms with Gasteiger partial charge in [0.05, 0.1) is 10.9 Å². The van der Waals surface area contributed by atoms with Gasteiger partial charge in [-0.3, -0.25) is 0 Å². The molecule has 1 aliphatic carbocycles. The molecule has 0 radical (unpaired) electrons. The van der Waals surface area contributed by atoms with Crippen LogP contribution in [0.3, 0.4) is 0 Å². The Kier molecular flexibility index (Phi) is 3.43. The number of aryl methyl sites for hydroxylation is 1. The lowest BCUT2D eigenvalue weighted by Crippen LogP contribution is -2.28. The third-order valence-corrected chi connectivity index (χ3v) is 5.19. The summed E-state index contributed by atoms with van der Waals surface area (Å²) in [6.07, 6.45) is 2.03. The highest BCUT2D eigenvalue weighted by atomic mass is 32.2. The van der Waals surface area contributed by atoms with Crippen LogP contribution in [-0.4, -0.2) is 8.42 Å². The van der Waals surface area contributed by atoms with Crippen molar-refractivity contribution in [1.82, 2.24) is 4.72 Å². The Balaban J connectivity index is 1.93. The minimum atomic E-state index is -3.53. The second kappa shape index (κ2) is 5.13. The van der Waals surface area contributed by atoms with Gasteiger partial charge in [0.2, 0.25) is 10.0 Å². The van der Waals surface area contributed by atoms with Crippen LogP contribution in [0.2, 0.25) is 0 Å². The Morgan fingerprint density at radius 2 is 1.62 bits per heavy atom. The SMILES string of the molecule is CC1=Cc2ccccc2C1NS(=O)(=O)c1ccc(C)cc1. The molecule has 1 N–H and O–H groups in total. The van der Waals surface area contributed by atoms with Crippen LogP contribution in [0.1, 0.15) is 29.7 Å². The van der Waals surface area contributed by atoms with Crippen molar-refractivity contribution in [3.8, 4) is 0 Å². The lowest BCUT2D eigenvalue weighted by Gasteiger charge is -2.17. The third kappa shape index (κ3) is 2.64. The highest BCUT2D eigenvalue weighted by Gasteiger charge is 2.27. The van der Waals surface area contributed by atoms with Crippen LogP contribution in [-0.2, 0) is 10.0 Å². The van der Waals surface area contributed by atoms with Crippen molar-refractivity contribution in [2.24, 2.45) is 0 Å². The van der Waals surface area contributed by atoms with E-state index in [0.29, 0.717) is 4.90 Å². The topological polar surface area (TPSA) is 46.2 Å². The van der Waals surface area contributed by atoms with E-state index < -0.39 is 10.0 Å². The monoisotopic (exact) mass is 299 g/mol. The van der Waals surface area contributed by atoms with Crippen molar-refractivity contribution in [2.45, 2.75) is 24.8 Å². The third-order valence-electron chi connectivity index (χ3n) is 3.75. The van der Waals surface area contributed by atoms with Gasteiger partial charge in [-0.1, -0.05) is 53.6 Å². The van der Waals surface area contributed by atoms with Crippen LogP contribution in [0.25, 0.3) is 6.08 Å². The Labute approximate surface area is 125 Å². The molecule has 0 aliphatic heterocycles. The van der Waals surface area contributed by atoms with Gasteiger partial charge in [0.25, 0.3) is 0 Å². The number of hydrogen-bond acceptors (Lipinski definition) is 2. The maximum atomic E-state index is 12.5. The standard InChI is InChI=1S/C17H17NO2S/c1-12-7-9-15(10-8-12)21(19,20)18-17-13(2)11-14-5-3-4-6-16(14)17/h3-11,17-18H,1-2H3. The van der Waals surface area contributed by atoms with Crippen molar-refractivity contribution in [3.63, 3.8) is 0 Å². The number of sulfonamides is 1. The molecule has 3 rings (SSSR count). The van der Waals surface area contributed by atoms with Gasteiger partial charge in [0.1, 0.15) is 0 Å². The van der Waals surface area contributed by atoms with Crippen LogP contribution < -0.4 is 4.72 Å². The van der Waals surface area contributed by atoms with E-state index in [1.807, 2.05) is 44.2 Å². The van der Waals surface area contributed by atoms with Gasteiger partial charge >= 0.3 is 0 Å². The van der Waals surface area contributed by atoms with Crippen molar-refractivity contribution >= 4 is 16.1 Å². The van der Waals surface area contributed by atoms with Gasteiger partial charge < -0.3 is 0 Å². The number of nitrogens with one attached hydrogen (secondary N) is 1. The van der Waals surface area contributed by atoms with E-state index >= 15 is 0 Å². The largest absolute Gasteiger partial charge is 0.241 e. The van der Waals surface area contributed by atoms with Gasteiger partial charge in [0, 0.05) is 0 Å². The van der Waals surface area contributed by atoms with Crippen molar-refractivity contribution in [3.05, 3.63) is 70.8 Å². The lowest BCUT2D eigenvalue weighted by molar-refractivity contribution is 0.572. The second-order valence-corrected chi connectivity index (χ2v) is 7.10. The Bertz CT molecular complexity index is 805. The molecule has 0 amide bonds. The summed E-state index contributed by atoms with van der Waals surface area (Å²) in [5.74, 6) is 0. The fourth-order valence-electron chi connectivity index (χ4n) is 2.58. The van der Waals surface area contributed by atoms with Gasteiger partial charge in [0.15, 0.2) is 0 Å². The molecule has 21 heavy (non-hydrogen) atoms. The highest BCUT2D eigenvalue weighted by molar-refractivity contribution is 7.89. The Morgan fingerprint density at radius 1 is 0.952 bits per heavy atom. The van der Waals surface area contributed by atoms with Gasteiger partial charge in [-0.2, -0.15) is 4.72 Å². The van der Waals surface area contributed by atoms with E-state index in [1.165, 1.54) is 0 Å². The molecular weight excluding hydrogens is 282 g/mol. The highest BCUT2D eigenvalue weighted by Crippen LogP contribution is 2.34. The van der Waals surface area contributed by atoms with Crippen LogP contribution in [0, 0.1) is 6.92 Å². The number of hydrogen-bond donors (Lipinski definition) is 1. The molecule has 2 aromatic carbocycles. The van der Waals surface area contributed by atoms with Crippen LogP contribution in [0.15, 0.2) is 59.0 Å². The molecule has 0 saturated heterocycles. The molecule has 0 heterocycles. The molecule has 0 aromatic heterocycles. The van der Waals surface area contributed by atoms with Crippen molar-refractivity contribution in [1.29, 1.82) is 0 Å². The number of rotatable bonds is 3. The molecule has 0 saturated carbocycles. The Hall–Kier alpha value is -1.91. The minimum absolute atomic E-state index is 0.285. The summed E-state index contributed by atoms with van der Waals surface area (Å²) in [6, 6.07) is 14.4. The summed E-state index contributed by atoms with van der Waals surface area (Å²) in [4.78, 5) is 0.297. The summed E-state index contributed by atoms with van der Waals surface area (Å²) in [7, 11) is -3.53. The lowest BCUT2D eigenvalue weighted by atomic mass is 10.1. The first kappa shape index (κ1) is 14.0. The fourth-order valence-corrected chi connectivity index (χ4v) is 3.83. The Morgan fingerprint density at radius 3 is 2.33 bits per heavy atom. The van der Waals surface area contributed by atoms with Crippen molar-refractivity contribution in [2.75, 3.05) is 0 Å². The quantitative estimate of drug-likeness (QED) is 0.943. The summed E-state index contributed by atoms with van der Waals surface area (Å²) in [5, 5.41) is 0. The maximum Gasteiger partial charge on any atom is 0.241 e. The molecule has 0 spiro atoms. The zero-order valence-corrected chi connectivity index (χ0v) is 12.8. The van der Waals surface area contributed by atoms with E-state index in [0.717, 1.165) is 22.3 Å². The average Bonchev–Trinajstić information content (AvgIpc) is 2.75.